The van der Waals surface area contributed by atoms with Crippen molar-refractivity contribution in [2.75, 3.05) is 20.8 Å². The normalized spacial score (nSPS) is 10.5. The Hall–Kier alpha value is -4.37. The van der Waals surface area contributed by atoms with Crippen molar-refractivity contribution in [3.63, 3.8) is 0 Å². The molecule has 2 amide bonds. The molecular formula is C25H22ClN3O6. The predicted octanol–water partition coefficient (Wildman–Crippen LogP) is 3.46. The van der Waals surface area contributed by atoms with Crippen LogP contribution in [-0.2, 0) is 4.79 Å². The Labute approximate surface area is 206 Å². The Balaban J connectivity index is 1.55. The zero-order valence-electron chi connectivity index (χ0n) is 18.9. The van der Waals surface area contributed by atoms with Gasteiger partial charge in [0.2, 0.25) is 0 Å². The molecular weight excluding hydrogens is 474 g/mol. The van der Waals surface area contributed by atoms with Gasteiger partial charge in [0, 0.05) is 16.1 Å². The van der Waals surface area contributed by atoms with Crippen LogP contribution >= 0.6 is 11.6 Å². The average Bonchev–Trinajstić information content (AvgIpc) is 2.88. The third-order valence-electron chi connectivity index (χ3n) is 4.65. The Morgan fingerprint density at radius 3 is 2.29 bits per heavy atom. The van der Waals surface area contributed by atoms with Crippen molar-refractivity contribution in [1.82, 2.24) is 10.7 Å². The van der Waals surface area contributed by atoms with Gasteiger partial charge >= 0.3 is 5.97 Å². The lowest BCUT2D eigenvalue weighted by molar-refractivity contribution is -0.120. The van der Waals surface area contributed by atoms with Crippen LogP contribution < -0.4 is 25.0 Å². The third-order valence-corrected chi connectivity index (χ3v) is 4.90. The molecule has 0 fully saturated rings. The van der Waals surface area contributed by atoms with Crippen LogP contribution in [0, 0.1) is 0 Å². The number of hydrazone groups is 1. The number of benzene rings is 3. The van der Waals surface area contributed by atoms with Crippen molar-refractivity contribution in [3.8, 4) is 17.2 Å². The number of ether oxygens (including phenoxy) is 3. The van der Waals surface area contributed by atoms with Crippen LogP contribution in [0.5, 0.6) is 17.2 Å². The smallest absolute Gasteiger partial charge is 0.343 e. The highest BCUT2D eigenvalue weighted by molar-refractivity contribution is 6.30. The highest BCUT2D eigenvalue weighted by Crippen LogP contribution is 2.27. The summed E-state index contributed by atoms with van der Waals surface area (Å²) in [6.07, 6.45) is 1.33. The second-order valence-electron chi connectivity index (χ2n) is 6.98. The minimum absolute atomic E-state index is 0.257. The summed E-state index contributed by atoms with van der Waals surface area (Å²) in [7, 11) is 2.95. The van der Waals surface area contributed by atoms with E-state index in [-0.39, 0.29) is 12.3 Å². The van der Waals surface area contributed by atoms with Crippen LogP contribution in [0.25, 0.3) is 0 Å². The molecule has 9 nitrogen and oxygen atoms in total. The van der Waals surface area contributed by atoms with Gasteiger partial charge in [-0.2, -0.15) is 5.10 Å². The molecule has 3 aromatic rings. The molecule has 0 saturated carbocycles. The lowest BCUT2D eigenvalue weighted by Gasteiger charge is -2.09. The van der Waals surface area contributed by atoms with Gasteiger partial charge in [-0.15, -0.1) is 0 Å². The fourth-order valence-electron chi connectivity index (χ4n) is 2.88. The lowest BCUT2D eigenvalue weighted by atomic mass is 10.2. The van der Waals surface area contributed by atoms with E-state index in [1.807, 2.05) is 0 Å². The van der Waals surface area contributed by atoms with Crippen LogP contribution in [0.15, 0.2) is 71.8 Å². The largest absolute Gasteiger partial charge is 0.493 e. The second-order valence-corrected chi connectivity index (χ2v) is 7.42. The number of nitrogens with zero attached hydrogens (tertiary/aromatic N) is 1. The molecule has 0 aliphatic heterocycles. The molecule has 180 valence electrons. The first kappa shape index (κ1) is 25.3. The van der Waals surface area contributed by atoms with Crippen LogP contribution in [0.2, 0.25) is 5.02 Å². The van der Waals surface area contributed by atoms with Gasteiger partial charge in [0.1, 0.15) is 5.75 Å². The van der Waals surface area contributed by atoms with Crippen molar-refractivity contribution in [2.45, 2.75) is 0 Å². The van der Waals surface area contributed by atoms with E-state index in [0.29, 0.717) is 33.2 Å². The minimum Gasteiger partial charge on any atom is -0.493 e. The molecule has 0 atom stereocenters. The average molecular weight is 496 g/mol. The number of halogens is 1. The van der Waals surface area contributed by atoms with E-state index in [2.05, 4.69) is 15.8 Å². The van der Waals surface area contributed by atoms with Crippen LogP contribution in [0.4, 0.5) is 0 Å². The molecule has 0 spiro atoms. The molecule has 0 unspecified atom stereocenters. The molecule has 0 aliphatic carbocycles. The monoisotopic (exact) mass is 495 g/mol. The number of methoxy groups -OCH3 is 2. The van der Waals surface area contributed by atoms with E-state index in [4.69, 9.17) is 25.8 Å². The lowest BCUT2D eigenvalue weighted by Crippen LogP contribution is -2.34. The summed E-state index contributed by atoms with van der Waals surface area (Å²) in [5.41, 5.74) is 3.41. The summed E-state index contributed by atoms with van der Waals surface area (Å²) in [6.45, 7) is -0.308. The number of carbonyl (C=O) groups excluding carboxylic acids is 3. The van der Waals surface area contributed by atoms with Gasteiger partial charge in [-0.25, -0.2) is 10.2 Å². The van der Waals surface area contributed by atoms with E-state index in [1.165, 1.54) is 26.5 Å². The van der Waals surface area contributed by atoms with Gasteiger partial charge in [0.05, 0.1) is 32.5 Å². The molecule has 0 saturated heterocycles. The Morgan fingerprint density at radius 2 is 1.57 bits per heavy atom. The summed E-state index contributed by atoms with van der Waals surface area (Å²) in [5.74, 6) is -0.452. The zero-order chi connectivity index (χ0) is 25.2. The summed E-state index contributed by atoms with van der Waals surface area (Å²) in [6, 6.07) is 17.6. The van der Waals surface area contributed by atoms with Crippen LogP contribution in [0.1, 0.15) is 26.3 Å². The van der Waals surface area contributed by atoms with Gasteiger partial charge in [0.25, 0.3) is 11.8 Å². The SMILES string of the molecule is COc1ccc(C(=O)NCC(=O)N/N=C\c2ccccc2OC(=O)c2ccc(Cl)cc2)cc1OC. The summed E-state index contributed by atoms with van der Waals surface area (Å²) in [5, 5.41) is 6.87. The minimum atomic E-state index is -0.565. The Kier molecular flexibility index (Phi) is 8.80. The number of amides is 2. The standard InChI is InChI=1S/C25H22ClN3O6/c1-33-21-12-9-17(13-22(21)34-2)24(31)27-15-23(30)29-28-14-18-5-3-4-6-20(18)35-25(32)16-7-10-19(26)11-8-16/h3-14H,15H2,1-2H3,(H,27,31)(H,29,30)/b28-14-. The Bertz CT molecular complexity index is 1240. The van der Waals surface area contributed by atoms with Crippen LogP contribution in [-0.4, -0.2) is 44.8 Å². The maximum Gasteiger partial charge on any atom is 0.343 e. The van der Waals surface area contributed by atoms with Crippen molar-refractivity contribution in [2.24, 2.45) is 5.10 Å². The van der Waals surface area contributed by atoms with Gasteiger partial charge in [0.15, 0.2) is 11.5 Å². The maximum atomic E-state index is 12.4. The first-order valence-electron chi connectivity index (χ1n) is 10.3. The zero-order valence-corrected chi connectivity index (χ0v) is 19.7. The molecule has 0 radical (unpaired) electrons. The maximum absolute atomic E-state index is 12.4. The molecule has 0 aromatic heterocycles. The van der Waals surface area contributed by atoms with Crippen molar-refractivity contribution < 1.29 is 28.6 Å². The van der Waals surface area contributed by atoms with Crippen molar-refractivity contribution in [3.05, 3.63) is 88.4 Å². The van der Waals surface area contributed by atoms with E-state index in [0.717, 1.165) is 0 Å². The third kappa shape index (κ3) is 7.05. The molecule has 3 rings (SSSR count). The fourth-order valence-corrected chi connectivity index (χ4v) is 3.00. The summed E-state index contributed by atoms with van der Waals surface area (Å²) in [4.78, 5) is 36.8. The highest BCUT2D eigenvalue weighted by Gasteiger charge is 2.13. The first-order valence-corrected chi connectivity index (χ1v) is 10.7. The molecule has 35 heavy (non-hydrogen) atoms. The first-order chi connectivity index (χ1) is 16.9. The number of hydrogen-bond donors (Lipinski definition) is 2. The van der Waals surface area contributed by atoms with Gasteiger partial charge in [-0.05, 0) is 54.6 Å². The van der Waals surface area contributed by atoms with Crippen LogP contribution in [0.3, 0.4) is 0 Å². The molecule has 10 heteroatoms. The van der Waals surface area contributed by atoms with E-state index in [1.54, 1.807) is 60.7 Å². The molecule has 2 N–H and O–H groups in total. The quantitative estimate of drug-likeness (QED) is 0.203. The van der Waals surface area contributed by atoms with E-state index in [9.17, 15) is 14.4 Å². The van der Waals surface area contributed by atoms with E-state index < -0.39 is 17.8 Å². The topological polar surface area (TPSA) is 115 Å². The number of carbonyl (C=O) groups is 3. The summed E-state index contributed by atoms with van der Waals surface area (Å²) < 4.78 is 15.7. The molecule has 0 heterocycles. The predicted molar refractivity (Wildman–Crippen MR) is 130 cm³/mol. The number of esters is 1. The molecule has 0 aliphatic rings. The molecule has 3 aromatic carbocycles. The summed E-state index contributed by atoms with van der Waals surface area (Å²) >= 11 is 5.84. The fraction of sp³-hybridized carbons (Fsp3) is 0.120. The number of rotatable bonds is 9. The van der Waals surface area contributed by atoms with Crippen molar-refractivity contribution in [1.29, 1.82) is 0 Å². The van der Waals surface area contributed by atoms with Gasteiger partial charge in [-0.1, -0.05) is 23.7 Å². The second kappa shape index (κ2) is 12.2. The highest BCUT2D eigenvalue weighted by atomic mass is 35.5. The Morgan fingerprint density at radius 1 is 0.886 bits per heavy atom. The number of para-hydroxylation sites is 1. The van der Waals surface area contributed by atoms with E-state index >= 15 is 0 Å². The number of hydrogen-bond acceptors (Lipinski definition) is 7. The molecule has 0 bridgehead atoms. The van der Waals surface area contributed by atoms with Gasteiger partial charge < -0.3 is 19.5 Å². The van der Waals surface area contributed by atoms with Crippen molar-refractivity contribution >= 4 is 35.6 Å². The number of nitrogens with one attached hydrogen (secondary N) is 2. The van der Waals surface area contributed by atoms with Gasteiger partial charge in [-0.3, -0.25) is 9.59 Å².